The fourth-order valence-electron chi connectivity index (χ4n) is 2.70. The van der Waals surface area contributed by atoms with Gasteiger partial charge in [-0.15, -0.1) is 0 Å². The molecule has 4 nitrogen and oxygen atoms in total. The predicted octanol–water partition coefficient (Wildman–Crippen LogP) is 4.88. The number of nitrogens with one attached hydrogen (secondary N) is 1. The van der Waals surface area contributed by atoms with E-state index in [1.807, 2.05) is 19.1 Å². The van der Waals surface area contributed by atoms with Gasteiger partial charge in [-0.25, -0.2) is 0 Å². The number of aryl methyl sites for hydroxylation is 2. The van der Waals surface area contributed by atoms with Crippen LogP contribution in [-0.4, -0.2) is 4.92 Å². The van der Waals surface area contributed by atoms with Crippen LogP contribution in [0.3, 0.4) is 0 Å². The van der Waals surface area contributed by atoms with Crippen molar-refractivity contribution in [2.24, 2.45) is 0 Å². The van der Waals surface area contributed by atoms with Gasteiger partial charge in [0.1, 0.15) is 0 Å². The van der Waals surface area contributed by atoms with Gasteiger partial charge >= 0.3 is 0 Å². The molecule has 2 unspecified atom stereocenters. The second-order valence-corrected chi connectivity index (χ2v) is 6.01. The van der Waals surface area contributed by atoms with Crippen LogP contribution < -0.4 is 5.32 Å². The lowest BCUT2D eigenvalue weighted by atomic mass is 10.0. The van der Waals surface area contributed by atoms with Crippen molar-refractivity contribution < 1.29 is 4.92 Å². The molecule has 0 radical (unpaired) electrons. The first kappa shape index (κ1) is 17.2. The molecule has 0 saturated carbocycles. The van der Waals surface area contributed by atoms with Crippen molar-refractivity contribution in [2.45, 2.75) is 46.2 Å². The highest BCUT2D eigenvalue weighted by molar-refractivity contribution is 5.43. The van der Waals surface area contributed by atoms with E-state index in [9.17, 15) is 10.1 Å². The summed E-state index contributed by atoms with van der Waals surface area (Å²) in [6, 6.07) is 14.2. The minimum absolute atomic E-state index is 0.0372. The van der Waals surface area contributed by atoms with E-state index in [4.69, 9.17) is 0 Å². The van der Waals surface area contributed by atoms with Crippen LogP contribution in [-0.2, 0) is 6.42 Å². The molecule has 0 aromatic heterocycles. The molecular formula is C19H24N2O2. The zero-order chi connectivity index (χ0) is 17.0. The topological polar surface area (TPSA) is 55.2 Å². The highest BCUT2D eigenvalue weighted by atomic mass is 16.6. The molecule has 0 aliphatic rings. The Morgan fingerprint density at radius 3 is 2.17 bits per heavy atom. The van der Waals surface area contributed by atoms with Gasteiger partial charge in [0.15, 0.2) is 0 Å². The quantitative estimate of drug-likeness (QED) is 0.611. The van der Waals surface area contributed by atoms with E-state index in [-0.39, 0.29) is 22.7 Å². The molecule has 2 aromatic rings. The first-order valence-electron chi connectivity index (χ1n) is 8.02. The first-order valence-corrected chi connectivity index (χ1v) is 8.02. The fourth-order valence-corrected chi connectivity index (χ4v) is 2.70. The summed E-state index contributed by atoms with van der Waals surface area (Å²) in [5.41, 5.74) is 4.34. The van der Waals surface area contributed by atoms with Crippen molar-refractivity contribution >= 4 is 5.69 Å². The van der Waals surface area contributed by atoms with Crippen molar-refractivity contribution in [3.05, 3.63) is 74.8 Å². The monoisotopic (exact) mass is 312 g/mol. The third-order valence-corrected chi connectivity index (χ3v) is 4.32. The summed E-state index contributed by atoms with van der Waals surface area (Å²) >= 11 is 0. The van der Waals surface area contributed by atoms with Gasteiger partial charge in [-0.1, -0.05) is 43.3 Å². The van der Waals surface area contributed by atoms with E-state index in [0.717, 1.165) is 12.0 Å². The first-order chi connectivity index (χ1) is 10.9. The van der Waals surface area contributed by atoms with Gasteiger partial charge in [0.05, 0.1) is 4.92 Å². The zero-order valence-electron chi connectivity index (χ0n) is 14.2. The molecule has 0 heterocycles. The van der Waals surface area contributed by atoms with Crippen molar-refractivity contribution in [1.82, 2.24) is 5.32 Å². The van der Waals surface area contributed by atoms with Gasteiger partial charge in [-0.3, -0.25) is 10.1 Å². The van der Waals surface area contributed by atoms with E-state index >= 15 is 0 Å². The average Bonchev–Trinajstić information content (AvgIpc) is 2.54. The van der Waals surface area contributed by atoms with Crippen LogP contribution in [0.25, 0.3) is 0 Å². The molecule has 0 saturated heterocycles. The molecule has 2 atom stereocenters. The van der Waals surface area contributed by atoms with Gasteiger partial charge < -0.3 is 5.32 Å². The van der Waals surface area contributed by atoms with Gasteiger partial charge in [-0.05, 0) is 43.9 Å². The van der Waals surface area contributed by atoms with Crippen LogP contribution in [0.5, 0.6) is 0 Å². The van der Waals surface area contributed by atoms with Gasteiger partial charge in [-0.2, -0.15) is 0 Å². The molecule has 0 aliphatic carbocycles. The van der Waals surface area contributed by atoms with Gasteiger partial charge in [0.25, 0.3) is 5.69 Å². The Morgan fingerprint density at radius 2 is 1.61 bits per heavy atom. The van der Waals surface area contributed by atoms with E-state index in [1.165, 1.54) is 11.1 Å². The van der Waals surface area contributed by atoms with Crippen LogP contribution in [0.4, 0.5) is 5.69 Å². The maximum absolute atomic E-state index is 11.1. The molecule has 4 heteroatoms. The van der Waals surface area contributed by atoms with E-state index in [1.54, 1.807) is 13.0 Å². The summed E-state index contributed by atoms with van der Waals surface area (Å²) in [5.74, 6) is 0. The number of hydrogen-bond acceptors (Lipinski definition) is 3. The number of nitrogens with zero attached hydrogens (tertiary/aromatic N) is 1. The van der Waals surface area contributed by atoms with Crippen molar-refractivity contribution in [2.75, 3.05) is 0 Å². The smallest absolute Gasteiger partial charge is 0.272 e. The molecule has 23 heavy (non-hydrogen) atoms. The molecule has 0 amide bonds. The Balaban J connectivity index is 2.12. The standard InChI is InChI=1S/C19H24N2O2/c1-5-16-7-10-17(11-8-16)14(3)20-15(4)18-9-6-13(2)19(12-18)21(22)23/h6-12,14-15,20H,5H2,1-4H3. The Bertz CT molecular complexity index is 680. The molecule has 2 rings (SSSR count). The van der Waals surface area contributed by atoms with Crippen LogP contribution in [0.2, 0.25) is 0 Å². The minimum atomic E-state index is -0.321. The number of nitro groups is 1. The highest BCUT2D eigenvalue weighted by Gasteiger charge is 2.16. The Labute approximate surface area is 137 Å². The Hall–Kier alpha value is -2.20. The summed E-state index contributed by atoms with van der Waals surface area (Å²) in [4.78, 5) is 10.8. The molecule has 0 spiro atoms. The lowest BCUT2D eigenvalue weighted by Crippen LogP contribution is -2.22. The molecule has 0 bridgehead atoms. The highest BCUT2D eigenvalue weighted by Crippen LogP contribution is 2.25. The SMILES string of the molecule is CCc1ccc(C(C)NC(C)c2ccc(C)c([N+](=O)[O-])c2)cc1. The largest absolute Gasteiger partial charge is 0.304 e. The lowest BCUT2D eigenvalue weighted by Gasteiger charge is -2.21. The van der Waals surface area contributed by atoms with Crippen molar-refractivity contribution in [3.63, 3.8) is 0 Å². The maximum atomic E-state index is 11.1. The van der Waals surface area contributed by atoms with Gasteiger partial charge in [0, 0.05) is 23.7 Å². The van der Waals surface area contributed by atoms with Gasteiger partial charge in [0.2, 0.25) is 0 Å². The second kappa shape index (κ2) is 7.38. The number of rotatable bonds is 6. The lowest BCUT2D eigenvalue weighted by molar-refractivity contribution is -0.385. The second-order valence-electron chi connectivity index (χ2n) is 6.01. The Kier molecular flexibility index (Phi) is 5.50. The third kappa shape index (κ3) is 4.17. The van der Waals surface area contributed by atoms with E-state index in [0.29, 0.717) is 5.56 Å². The van der Waals surface area contributed by atoms with E-state index < -0.39 is 0 Å². The van der Waals surface area contributed by atoms with Crippen molar-refractivity contribution in [1.29, 1.82) is 0 Å². The van der Waals surface area contributed by atoms with Crippen molar-refractivity contribution in [3.8, 4) is 0 Å². The summed E-state index contributed by atoms with van der Waals surface area (Å²) < 4.78 is 0. The normalized spacial score (nSPS) is 13.6. The molecule has 2 aromatic carbocycles. The van der Waals surface area contributed by atoms with Crippen LogP contribution >= 0.6 is 0 Å². The zero-order valence-corrected chi connectivity index (χ0v) is 14.2. The van der Waals surface area contributed by atoms with Crippen LogP contribution in [0.1, 0.15) is 55.1 Å². The predicted molar refractivity (Wildman–Crippen MR) is 93.6 cm³/mol. The minimum Gasteiger partial charge on any atom is -0.304 e. The third-order valence-electron chi connectivity index (χ3n) is 4.32. The molecule has 0 fully saturated rings. The maximum Gasteiger partial charge on any atom is 0.272 e. The molecular weight excluding hydrogens is 288 g/mol. The molecule has 122 valence electrons. The summed E-state index contributed by atoms with van der Waals surface area (Å²) in [6.07, 6.45) is 1.03. The summed E-state index contributed by atoms with van der Waals surface area (Å²) in [7, 11) is 0. The van der Waals surface area contributed by atoms with E-state index in [2.05, 4.69) is 43.4 Å². The number of nitro benzene ring substituents is 1. The molecule has 1 N–H and O–H groups in total. The summed E-state index contributed by atoms with van der Waals surface area (Å²) in [6.45, 7) is 8.05. The molecule has 0 aliphatic heterocycles. The summed E-state index contributed by atoms with van der Waals surface area (Å²) in [5, 5.41) is 14.6. The average molecular weight is 312 g/mol. The Morgan fingerprint density at radius 1 is 1.04 bits per heavy atom. The van der Waals surface area contributed by atoms with Crippen LogP contribution in [0, 0.1) is 17.0 Å². The number of hydrogen-bond donors (Lipinski definition) is 1. The fraction of sp³-hybridized carbons (Fsp3) is 0.368. The van der Waals surface area contributed by atoms with Crippen LogP contribution in [0.15, 0.2) is 42.5 Å². The number of benzene rings is 2.